The minimum atomic E-state index is -3.55. The molecule has 7 heteroatoms. The zero-order chi connectivity index (χ0) is 23.4. The molecule has 3 aromatic rings. The van der Waals surface area contributed by atoms with Gasteiger partial charge in [-0.3, -0.25) is 4.79 Å². The van der Waals surface area contributed by atoms with Crippen molar-refractivity contribution in [2.75, 3.05) is 13.1 Å². The van der Waals surface area contributed by atoms with Crippen molar-refractivity contribution in [1.29, 1.82) is 0 Å². The van der Waals surface area contributed by atoms with E-state index in [0.717, 1.165) is 16.0 Å². The van der Waals surface area contributed by atoms with Crippen molar-refractivity contribution < 1.29 is 13.2 Å². The second-order valence-electron chi connectivity index (χ2n) is 8.77. The minimum absolute atomic E-state index is 0.0180. The molecule has 5 nitrogen and oxygen atoms in total. The number of nitrogens with zero attached hydrogens (tertiary/aromatic N) is 1. The molecule has 1 saturated heterocycles. The molecule has 0 saturated carbocycles. The zero-order valence-electron chi connectivity index (χ0n) is 19.0. The van der Waals surface area contributed by atoms with E-state index in [4.69, 9.17) is 0 Å². The van der Waals surface area contributed by atoms with Crippen molar-refractivity contribution in [3.63, 3.8) is 0 Å². The maximum atomic E-state index is 13.1. The molecule has 1 amide bonds. The summed E-state index contributed by atoms with van der Waals surface area (Å²) in [7, 11) is -3.55. The van der Waals surface area contributed by atoms with Gasteiger partial charge in [0, 0.05) is 23.9 Å². The zero-order valence-corrected chi connectivity index (χ0v) is 20.6. The van der Waals surface area contributed by atoms with Crippen LogP contribution in [0.1, 0.15) is 54.7 Å². The van der Waals surface area contributed by atoms with Crippen molar-refractivity contribution in [1.82, 2.24) is 9.62 Å². The van der Waals surface area contributed by atoms with Crippen molar-refractivity contribution in [3.05, 3.63) is 88.1 Å². The van der Waals surface area contributed by atoms with Gasteiger partial charge in [0.05, 0.1) is 10.9 Å². The van der Waals surface area contributed by atoms with Gasteiger partial charge in [0.1, 0.15) is 0 Å². The average Bonchev–Trinajstić information content (AvgIpc) is 3.38. The van der Waals surface area contributed by atoms with E-state index < -0.39 is 10.0 Å². The highest BCUT2D eigenvalue weighted by Gasteiger charge is 2.33. The van der Waals surface area contributed by atoms with Crippen molar-refractivity contribution in [2.45, 2.75) is 43.5 Å². The van der Waals surface area contributed by atoms with Gasteiger partial charge < -0.3 is 5.32 Å². The number of hydrogen-bond donors (Lipinski definition) is 1. The van der Waals surface area contributed by atoms with E-state index in [1.807, 2.05) is 60.0 Å². The second-order valence-corrected chi connectivity index (χ2v) is 11.7. The lowest BCUT2D eigenvalue weighted by atomic mass is 9.96. The molecule has 2 heterocycles. The Morgan fingerprint density at radius 1 is 0.939 bits per heavy atom. The Hall–Kier alpha value is -2.48. The molecule has 0 spiro atoms. The summed E-state index contributed by atoms with van der Waals surface area (Å²) in [6.45, 7) is 4.86. The van der Waals surface area contributed by atoms with Crippen LogP contribution in [0.4, 0.5) is 0 Å². The molecule has 0 radical (unpaired) electrons. The number of benzene rings is 2. The molecule has 0 aliphatic carbocycles. The van der Waals surface area contributed by atoms with Gasteiger partial charge >= 0.3 is 0 Å². The standard InChI is InChI=1S/C26H30N2O3S2/c1-19(2)20-10-12-23(13-11-20)33(30,31)28-16-14-22(15-17-28)26(29)27-25(24-9-6-18-32-24)21-7-4-3-5-8-21/h3-13,18-19,22,25H,14-17H2,1-2H3,(H,27,29). The van der Waals surface area contributed by atoms with Gasteiger partial charge in [0.15, 0.2) is 0 Å². The van der Waals surface area contributed by atoms with Gasteiger partial charge in [-0.05, 0) is 53.5 Å². The number of piperidine rings is 1. The molecule has 33 heavy (non-hydrogen) atoms. The van der Waals surface area contributed by atoms with Crippen LogP contribution in [0.3, 0.4) is 0 Å². The first-order valence-corrected chi connectivity index (χ1v) is 13.7. The molecule has 174 valence electrons. The fraction of sp³-hybridized carbons (Fsp3) is 0.346. The third-order valence-electron chi connectivity index (χ3n) is 6.26. The molecule has 1 atom stereocenters. The largest absolute Gasteiger partial charge is 0.344 e. The molecule has 1 aromatic heterocycles. The lowest BCUT2D eigenvalue weighted by Gasteiger charge is -2.31. The van der Waals surface area contributed by atoms with Crippen LogP contribution >= 0.6 is 11.3 Å². The Morgan fingerprint density at radius 2 is 1.61 bits per heavy atom. The monoisotopic (exact) mass is 482 g/mol. The average molecular weight is 483 g/mol. The maximum absolute atomic E-state index is 13.1. The van der Waals surface area contributed by atoms with Crippen LogP contribution in [0.15, 0.2) is 77.0 Å². The molecule has 0 bridgehead atoms. The number of hydrogen-bond acceptors (Lipinski definition) is 4. The molecular weight excluding hydrogens is 452 g/mol. The van der Waals surface area contributed by atoms with Gasteiger partial charge in [-0.2, -0.15) is 4.31 Å². The summed E-state index contributed by atoms with van der Waals surface area (Å²) in [5, 5.41) is 5.22. The quantitative estimate of drug-likeness (QED) is 0.505. The lowest BCUT2D eigenvalue weighted by molar-refractivity contribution is -0.126. The summed E-state index contributed by atoms with van der Waals surface area (Å²) in [6, 6.07) is 20.9. The first-order chi connectivity index (χ1) is 15.9. The summed E-state index contributed by atoms with van der Waals surface area (Å²) in [6.07, 6.45) is 1.03. The summed E-state index contributed by atoms with van der Waals surface area (Å²) in [5.41, 5.74) is 2.15. The Labute approximate surface area is 200 Å². The Morgan fingerprint density at radius 3 is 2.18 bits per heavy atom. The van der Waals surface area contributed by atoms with Crippen LogP contribution in [0, 0.1) is 5.92 Å². The first kappa shape index (κ1) is 23.7. The predicted molar refractivity (Wildman–Crippen MR) is 133 cm³/mol. The molecule has 2 aromatic carbocycles. The Kier molecular flexibility index (Phi) is 7.32. The van der Waals surface area contributed by atoms with Crippen LogP contribution < -0.4 is 5.32 Å². The third-order valence-corrected chi connectivity index (χ3v) is 9.11. The highest BCUT2D eigenvalue weighted by atomic mass is 32.2. The summed E-state index contributed by atoms with van der Waals surface area (Å²) >= 11 is 1.62. The van der Waals surface area contributed by atoms with Gasteiger partial charge in [0.2, 0.25) is 15.9 Å². The van der Waals surface area contributed by atoms with Gasteiger partial charge in [0.25, 0.3) is 0 Å². The molecule has 4 rings (SSSR count). The number of carbonyl (C=O) groups is 1. The number of thiophene rings is 1. The first-order valence-electron chi connectivity index (χ1n) is 11.3. The molecular formula is C26H30N2O3S2. The number of nitrogens with one attached hydrogen (secondary N) is 1. The van der Waals surface area contributed by atoms with E-state index in [-0.39, 0.29) is 17.9 Å². The van der Waals surface area contributed by atoms with Gasteiger partial charge in [-0.25, -0.2) is 8.42 Å². The normalized spacial score (nSPS) is 16.6. The SMILES string of the molecule is CC(C)c1ccc(S(=O)(=O)N2CCC(C(=O)NC(c3ccccc3)c3cccs3)CC2)cc1. The van der Waals surface area contributed by atoms with E-state index in [1.165, 1.54) is 4.31 Å². The Balaban J connectivity index is 1.41. The Bertz CT molecular complexity index is 1150. The number of sulfonamides is 1. The van der Waals surface area contributed by atoms with Crippen molar-refractivity contribution >= 4 is 27.3 Å². The molecule has 1 N–H and O–H groups in total. The van der Waals surface area contributed by atoms with Crippen LogP contribution in [0.25, 0.3) is 0 Å². The van der Waals surface area contributed by atoms with E-state index in [2.05, 4.69) is 19.2 Å². The molecule has 1 unspecified atom stereocenters. The minimum Gasteiger partial charge on any atom is -0.344 e. The topological polar surface area (TPSA) is 66.5 Å². The molecule has 1 fully saturated rings. The van der Waals surface area contributed by atoms with Crippen molar-refractivity contribution in [2.24, 2.45) is 5.92 Å². The summed E-state index contributed by atoms with van der Waals surface area (Å²) < 4.78 is 27.7. The predicted octanol–water partition coefficient (Wildman–Crippen LogP) is 5.18. The third kappa shape index (κ3) is 5.37. The van der Waals surface area contributed by atoms with E-state index in [0.29, 0.717) is 36.7 Å². The van der Waals surface area contributed by atoms with Crippen LogP contribution in [-0.2, 0) is 14.8 Å². The van der Waals surface area contributed by atoms with Gasteiger partial charge in [-0.1, -0.05) is 62.4 Å². The number of amides is 1. The van der Waals surface area contributed by atoms with Crippen LogP contribution in [-0.4, -0.2) is 31.7 Å². The van der Waals surface area contributed by atoms with Crippen LogP contribution in [0.2, 0.25) is 0 Å². The summed E-state index contributed by atoms with van der Waals surface area (Å²) in [4.78, 5) is 14.5. The fourth-order valence-electron chi connectivity index (χ4n) is 4.21. The highest BCUT2D eigenvalue weighted by Crippen LogP contribution is 2.29. The maximum Gasteiger partial charge on any atom is 0.243 e. The second kappa shape index (κ2) is 10.2. The smallest absolute Gasteiger partial charge is 0.243 e. The van der Waals surface area contributed by atoms with E-state index >= 15 is 0 Å². The molecule has 1 aliphatic rings. The molecule has 1 aliphatic heterocycles. The summed E-state index contributed by atoms with van der Waals surface area (Å²) in [5.74, 6) is 0.131. The highest BCUT2D eigenvalue weighted by molar-refractivity contribution is 7.89. The van der Waals surface area contributed by atoms with E-state index in [1.54, 1.807) is 23.5 Å². The van der Waals surface area contributed by atoms with Gasteiger partial charge in [-0.15, -0.1) is 11.3 Å². The lowest BCUT2D eigenvalue weighted by Crippen LogP contribution is -2.43. The van der Waals surface area contributed by atoms with E-state index in [9.17, 15) is 13.2 Å². The van der Waals surface area contributed by atoms with Crippen LogP contribution in [0.5, 0.6) is 0 Å². The number of rotatable bonds is 7. The number of carbonyl (C=O) groups excluding carboxylic acids is 1. The van der Waals surface area contributed by atoms with Crippen molar-refractivity contribution in [3.8, 4) is 0 Å². The fourth-order valence-corrected chi connectivity index (χ4v) is 6.48.